The molecule has 1 heterocycles. The quantitative estimate of drug-likeness (QED) is 0.782. The molecule has 76 valence electrons. The van der Waals surface area contributed by atoms with Crippen molar-refractivity contribution in [1.29, 1.82) is 0 Å². The number of carbonyl (C=O) groups is 1. The van der Waals surface area contributed by atoms with Gasteiger partial charge in [-0.25, -0.2) is 0 Å². The molecule has 0 saturated heterocycles. The maximum atomic E-state index is 10.8. The average molecular weight is 211 g/mol. The largest absolute Gasteiger partial charge is 0.480 e. The number of carboxylic acid groups (broad SMARTS) is 1. The van der Waals surface area contributed by atoms with Crippen LogP contribution in [0.1, 0.15) is 34.9 Å². The molecule has 0 saturated carbocycles. The molecular weight excluding hydrogens is 198 g/mol. The smallest absolute Gasteiger partial charge is 0.325 e. The van der Waals surface area contributed by atoms with Crippen LogP contribution in [0.3, 0.4) is 0 Å². The first-order valence-corrected chi connectivity index (χ1v) is 5.65. The number of nitrogens with two attached hydrogens (primary N) is 1. The fourth-order valence-corrected chi connectivity index (χ4v) is 3.07. The Morgan fingerprint density at radius 1 is 1.50 bits per heavy atom. The number of hydrogen-bond acceptors (Lipinski definition) is 3. The van der Waals surface area contributed by atoms with Gasteiger partial charge in [0.1, 0.15) is 6.04 Å². The van der Waals surface area contributed by atoms with Gasteiger partial charge in [-0.1, -0.05) is 0 Å². The van der Waals surface area contributed by atoms with Crippen LogP contribution in [0.2, 0.25) is 0 Å². The number of fused-ring (bicyclic) bond motifs is 1. The van der Waals surface area contributed by atoms with E-state index in [0.29, 0.717) is 0 Å². The van der Waals surface area contributed by atoms with E-state index in [1.165, 1.54) is 28.9 Å². The summed E-state index contributed by atoms with van der Waals surface area (Å²) in [7, 11) is 0. The zero-order valence-corrected chi connectivity index (χ0v) is 8.64. The van der Waals surface area contributed by atoms with E-state index < -0.39 is 12.0 Å². The maximum absolute atomic E-state index is 10.8. The minimum atomic E-state index is -0.930. The van der Waals surface area contributed by atoms with Crippen LogP contribution in [0.15, 0.2) is 5.38 Å². The van der Waals surface area contributed by atoms with Crippen molar-refractivity contribution in [2.75, 3.05) is 0 Å². The fraction of sp³-hybridized carbons (Fsp3) is 0.500. The summed E-state index contributed by atoms with van der Waals surface area (Å²) < 4.78 is 0. The lowest BCUT2D eigenvalue weighted by molar-refractivity contribution is -0.138. The Labute approximate surface area is 86.6 Å². The number of rotatable bonds is 2. The highest BCUT2D eigenvalue weighted by molar-refractivity contribution is 7.10. The molecule has 0 aliphatic heterocycles. The molecule has 1 atom stereocenters. The van der Waals surface area contributed by atoms with Crippen LogP contribution in [0.5, 0.6) is 0 Å². The lowest BCUT2D eigenvalue weighted by Gasteiger charge is -2.14. The summed E-state index contributed by atoms with van der Waals surface area (Å²) in [4.78, 5) is 11.6. The van der Waals surface area contributed by atoms with Crippen LogP contribution in [-0.2, 0) is 17.6 Å². The van der Waals surface area contributed by atoms with Crippen LogP contribution in [-0.4, -0.2) is 11.1 Å². The minimum absolute atomic E-state index is 0.832. The van der Waals surface area contributed by atoms with Gasteiger partial charge in [-0.2, -0.15) is 0 Å². The van der Waals surface area contributed by atoms with Crippen LogP contribution in [0, 0.1) is 0 Å². The molecule has 1 aliphatic carbocycles. The van der Waals surface area contributed by atoms with Crippen molar-refractivity contribution in [2.45, 2.75) is 31.7 Å². The molecule has 3 N–H and O–H groups in total. The van der Waals surface area contributed by atoms with Crippen molar-refractivity contribution in [2.24, 2.45) is 5.73 Å². The van der Waals surface area contributed by atoms with Crippen molar-refractivity contribution in [3.63, 3.8) is 0 Å². The Bertz CT molecular complexity index is 359. The standard InChI is InChI=1S/C10H13NO2S/c11-8(10(12)13)9-7-4-2-1-3-6(7)5-14-9/h5,8H,1-4,11H2,(H,12,13). The highest BCUT2D eigenvalue weighted by atomic mass is 32.1. The van der Waals surface area contributed by atoms with Gasteiger partial charge >= 0.3 is 5.97 Å². The number of carboxylic acids is 1. The fourth-order valence-electron chi connectivity index (χ4n) is 1.92. The first-order valence-electron chi connectivity index (χ1n) is 4.77. The van der Waals surface area contributed by atoms with Crippen molar-refractivity contribution in [3.8, 4) is 0 Å². The van der Waals surface area contributed by atoms with E-state index in [2.05, 4.69) is 5.38 Å². The minimum Gasteiger partial charge on any atom is -0.480 e. The molecule has 0 radical (unpaired) electrons. The van der Waals surface area contributed by atoms with Gasteiger partial charge in [0.15, 0.2) is 0 Å². The summed E-state index contributed by atoms with van der Waals surface area (Å²) >= 11 is 1.50. The molecule has 0 aromatic carbocycles. The van der Waals surface area contributed by atoms with Gasteiger partial charge in [0.2, 0.25) is 0 Å². The van der Waals surface area contributed by atoms with Crippen molar-refractivity contribution >= 4 is 17.3 Å². The second-order valence-corrected chi connectivity index (χ2v) is 4.54. The normalized spacial score (nSPS) is 17.5. The zero-order valence-electron chi connectivity index (χ0n) is 7.82. The van der Waals surface area contributed by atoms with E-state index in [0.717, 1.165) is 24.1 Å². The zero-order chi connectivity index (χ0) is 10.1. The van der Waals surface area contributed by atoms with E-state index in [4.69, 9.17) is 10.8 Å². The van der Waals surface area contributed by atoms with Gasteiger partial charge in [-0.05, 0) is 42.2 Å². The molecular formula is C10H13NO2S. The summed E-state index contributed by atoms with van der Waals surface area (Å²) in [5.74, 6) is -0.930. The van der Waals surface area contributed by atoms with Crippen molar-refractivity contribution in [3.05, 3.63) is 21.4 Å². The lowest BCUT2D eigenvalue weighted by Crippen LogP contribution is -2.21. The monoisotopic (exact) mass is 211 g/mol. The van der Waals surface area contributed by atoms with Crippen LogP contribution in [0.25, 0.3) is 0 Å². The molecule has 1 aromatic rings. The third-order valence-corrected chi connectivity index (χ3v) is 3.84. The summed E-state index contributed by atoms with van der Waals surface area (Å²) in [6.07, 6.45) is 4.45. The predicted molar refractivity (Wildman–Crippen MR) is 55.5 cm³/mol. The van der Waals surface area contributed by atoms with Crippen molar-refractivity contribution in [1.82, 2.24) is 0 Å². The van der Waals surface area contributed by atoms with Crippen LogP contribution in [0.4, 0.5) is 0 Å². The molecule has 2 rings (SSSR count). The van der Waals surface area contributed by atoms with E-state index >= 15 is 0 Å². The number of hydrogen-bond donors (Lipinski definition) is 2. The van der Waals surface area contributed by atoms with Gasteiger partial charge < -0.3 is 10.8 Å². The SMILES string of the molecule is NC(C(=O)O)c1scc2c1CCCC2. The summed E-state index contributed by atoms with van der Waals surface area (Å²) in [6.45, 7) is 0. The van der Waals surface area contributed by atoms with Crippen LogP contribution < -0.4 is 5.73 Å². The van der Waals surface area contributed by atoms with E-state index in [9.17, 15) is 4.79 Å². The summed E-state index contributed by atoms with van der Waals surface area (Å²) in [5, 5.41) is 10.9. The molecule has 3 nitrogen and oxygen atoms in total. The Morgan fingerprint density at radius 2 is 2.21 bits per heavy atom. The predicted octanol–water partition coefficient (Wildman–Crippen LogP) is 1.71. The Kier molecular flexibility index (Phi) is 2.56. The van der Waals surface area contributed by atoms with E-state index in [-0.39, 0.29) is 0 Å². The second kappa shape index (κ2) is 3.71. The number of aliphatic carboxylic acids is 1. The first-order chi connectivity index (χ1) is 6.70. The topological polar surface area (TPSA) is 63.3 Å². The molecule has 0 fully saturated rings. The lowest BCUT2D eigenvalue weighted by atomic mass is 9.92. The highest BCUT2D eigenvalue weighted by Crippen LogP contribution is 2.32. The molecule has 0 amide bonds. The average Bonchev–Trinajstić information content (AvgIpc) is 2.60. The molecule has 0 spiro atoms. The Balaban J connectivity index is 2.34. The molecule has 14 heavy (non-hydrogen) atoms. The Morgan fingerprint density at radius 3 is 2.93 bits per heavy atom. The third kappa shape index (κ3) is 1.55. The summed E-state index contributed by atoms with van der Waals surface area (Å²) in [6, 6.07) is -0.832. The van der Waals surface area contributed by atoms with Crippen LogP contribution >= 0.6 is 11.3 Å². The van der Waals surface area contributed by atoms with E-state index in [1.54, 1.807) is 0 Å². The Hall–Kier alpha value is -0.870. The third-order valence-electron chi connectivity index (χ3n) is 2.68. The molecule has 4 heteroatoms. The van der Waals surface area contributed by atoms with Gasteiger partial charge in [0.25, 0.3) is 0 Å². The highest BCUT2D eigenvalue weighted by Gasteiger charge is 2.23. The molecule has 1 unspecified atom stereocenters. The van der Waals surface area contributed by atoms with Crippen molar-refractivity contribution < 1.29 is 9.90 Å². The van der Waals surface area contributed by atoms with Gasteiger partial charge in [0.05, 0.1) is 0 Å². The number of thiophene rings is 1. The second-order valence-electron chi connectivity index (χ2n) is 3.63. The summed E-state index contributed by atoms with van der Waals surface area (Å²) in [5.41, 5.74) is 8.13. The molecule has 1 aliphatic rings. The van der Waals surface area contributed by atoms with Gasteiger partial charge in [-0.3, -0.25) is 4.79 Å². The van der Waals surface area contributed by atoms with Gasteiger partial charge in [0, 0.05) is 4.88 Å². The maximum Gasteiger partial charge on any atom is 0.325 e. The molecule has 1 aromatic heterocycles. The van der Waals surface area contributed by atoms with Gasteiger partial charge in [-0.15, -0.1) is 11.3 Å². The number of aryl methyl sites for hydroxylation is 1. The first kappa shape index (κ1) is 9.68. The molecule has 0 bridgehead atoms. The van der Waals surface area contributed by atoms with E-state index in [1.807, 2.05) is 0 Å².